The van der Waals surface area contributed by atoms with Gasteiger partial charge < -0.3 is 9.53 Å². The van der Waals surface area contributed by atoms with Gasteiger partial charge in [-0.1, -0.05) is 41.0 Å². The molecule has 0 aliphatic heterocycles. The molecule has 2 unspecified atom stereocenters. The molecule has 0 spiro atoms. The minimum Gasteiger partial charge on any atom is -0.479 e. The van der Waals surface area contributed by atoms with Gasteiger partial charge in [0.1, 0.15) is 6.10 Å². The summed E-state index contributed by atoms with van der Waals surface area (Å²) in [5.74, 6) is -0.772. The molecule has 0 rings (SSSR count). The van der Waals surface area contributed by atoms with Crippen molar-refractivity contribution in [1.82, 2.24) is 0 Å². The lowest BCUT2D eigenvalue weighted by Crippen LogP contribution is -2.48. The molecule has 0 radical (unpaired) electrons. The number of hydrogen-bond donors (Lipinski definition) is 1. The van der Waals surface area contributed by atoms with Crippen LogP contribution in [0.1, 0.15) is 41.0 Å². The Morgan fingerprint density at radius 3 is 2.06 bits per heavy atom. The summed E-state index contributed by atoms with van der Waals surface area (Å²) < 4.78 is 5.96. The van der Waals surface area contributed by atoms with Crippen LogP contribution in [0.4, 0.5) is 0 Å². The first-order valence-corrected chi connectivity index (χ1v) is 8.84. The smallest absolute Gasteiger partial charge is 0.331 e. The fourth-order valence-corrected chi connectivity index (χ4v) is 2.44. The zero-order valence-corrected chi connectivity index (χ0v) is 12.6. The van der Waals surface area contributed by atoms with E-state index in [0.717, 1.165) is 6.42 Å². The maximum atomic E-state index is 11.2. The van der Waals surface area contributed by atoms with Crippen molar-refractivity contribution < 1.29 is 14.3 Å². The van der Waals surface area contributed by atoms with E-state index < -0.39 is 20.4 Å². The summed E-state index contributed by atoms with van der Waals surface area (Å²) >= 11 is 0. The van der Waals surface area contributed by atoms with Crippen LogP contribution in [0.3, 0.4) is 0 Å². The van der Waals surface area contributed by atoms with Gasteiger partial charge in [0.2, 0.25) is 0 Å². The van der Waals surface area contributed by atoms with Gasteiger partial charge in [0, 0.05) is 0 Å². The van der Waals surface area contributed by atoms with Crippen LogP contribution in [-0.4, -0.2) is 25.5 Å². The molecule has 0 fully saturated rings. The third-order valence-electron chi connectivity index (χ3n) is 3.63. The zero-order chi connectivity index (χ0) is 13.1. The number of aliphatic carboxylic acids is 1. The van der Waals surface area contributed by atoms with E-state index in [9.17, 15) is 9.90 Å². The molecule has 0 aromatic rings. The van der Waals surface area contributed by atoms with Crippen LogP contribution in [0, 0.1) is 5.92 Å². The Labute approximate surface area is 100 Å². The van der Waals surface area contributed by atoms with Crippen LogP contribution in [0.2, 0.25) is 18.1 Å². The van der Waals surface area contributed by atoms with E-state index in [1.54, 1.807) is 0 Å². The second-order valence-electron chi connectivity index (χ2n) is 6.02. The highest BCUT2D eigenvalue weighted by atomic mass is 28.4. The number of hydrogen-bond acceptors (Lipinski definition) is 2. The standard InChI is InChI=1S/C12H26O3Si/c1-8-9(2)10(11(13)14)15-16(6,7)12(3,4)5/h9-10H,8H2,1-7H3,(H,13,14). The fraction of sp³-hybridized carbons (Fsp3) is 0.917. The summed E-state index contributed by atoms with van der Waals surface area (Å²) in [7, 11) is -1.99. The van der Waals surface area contributed by atoms with Crippen molar-refractivity contribution in [2.45, 2.75) is 65.3 Å². The molecular weight excluding hydrogens is 220 g/mol. The van der Waals surface area contributed by atoms with Crippen LogP contribution in [0.25, 0.3) is 0 Å². The molecule has 2 atom stereocenters. The summed E-state index contributed by atoms with van der Waals surface area (Å²) in [6, 6.07) is 0. The first kappa shape index (κ1) is 15.6. The van der Waals surface area contributed by atoms with E-state index in [4.69, 9.17) is 4.43 Å². The van der Waals surface area contributed by atoms with Crippen molar-refractivity contribution in [1.29, 1.82) is 0 Å². The molecule has 3 nitrogen and oxygen atoms in total. The number of carboxylic acids is 1. The third-order valence-corrected chi connectivity index (χ3v) is 8.09. The average Bonchev–Trinajstić information content (AvgIpc) is 2.10. The maximum absolute atomic E-state index is 11.2. The molecule has 0 aliphatic carbocycles. The number of rotatable bonds is 5. The van der Waals surface area contributed by atoms with Gasteiger partial charge in [0.25, 0.3) is 0 Å². The van der Waals surface area contributed by atoms with E-state index >= 15 is 0 Å². The molecule has 0 heterocycles. The monoisotopic (exact) mass is 246 g/mol. The van der Waals surface area contributed by atoms with Crippen LogP contribution in [0.15, 0.2) is 0 Å². The van der Waals surface area contributed by atoms with Crippen LogP contribution < -0.4 is 0 Å². The Morgan fingerprint density at radius 1 is 1.38 bits per heavy atom. The van der Waals surface area contributed by atoms with E-state index in [1.165, 1.54) is 0 Å². The lowest BCUT2D eigenvalue weighted by molar-refractivity contribution is -0.148. The Kier molecular flexibility index (Phi) is 5.20. The number of carbonyl (C=O) groups is 1. The SMILES string of the molecule is CCC(C)C(O[Si](C)(C)C(C)(C)C)C(=O)O. The highest BCUT2D eigenvalue weighted by Crippen LogP contribution is 2.38. The maximum Gasteiger partial charge on any atom is 0.331 e. The van der Waals surface area contributed by atoms with Crippen LogP contribution >= 0.6 is 0 Å². The summed E-state index contributed by atoms with van der Waals surface area (Å²) in [5, 5.41) is 9.25. The Bertz CT molecular complexity index is 243. The lowest BCUT2D eigenvalue weighted by Gasteiger charge is -2.39. The average molecular weight is 246 g/mol. The van der Waals surface area contributed by atoms with Gasteiger partial charge in [-0.15, -0.1) is 0 Å². The minimum atomic E-state index is -1.99. The van der Waals surface area contributed by atoms with E-state index in [-0.39, 0.29) is 11.0 Å². The molecule has 0 aliphatic rings. The quantitative estimate of drug-likeness (QED) is 0.755. The highest BCUT2D eigenvalue weighted by Gasteiger charge is 2.41. The summed E-state index contributed by atoms with van der Waals surface area (Å²) in [6.45, 7) is 14.5. The normalized spacial score (nSPS) is 16.9. The van der Waals surface area contributed by atoms with E-state index in [2.05, 4.69) is 33.9 Å². The molecule has 1 N–H and O–H groups in total. The molecule has 0 aromatic carbocycles. The molecule has 4 heteroatoms. The van der Waals surface area contributed by atoms with Gasteiger partial charge in [-0.2, -0.15) is 0 Å². The van der Waals surface area contributed by atoms with Gasteiger partial charge in [0.05, 0.1) is 0 Å². The van der Waals surface area contributed by atoms with E-state index in [1.807, 2.05) is 13.8 Å². The topological polar surface area (TPSA) is 46.5 Å². The van der Waals surface area contributed by atoms with Gasteiger partial charge in [0.15, 0.2) is 8.32 Å². The van der Waals surface area contributed by atoms with Crippen molar-refractivity contribution >= 4 is 14.3 Å². The van der Waals surface area contributed by atoms with Crippen molar-refractivity contribution in [3.63, 3.8) is 0 Å². The molecule has 16 heavy (non-hydrogen) atoms. The predicted molar refractivity (Wildman–Crippen MR) is 69.2 cm³/mol. The van der Waals surface area contributed by atoms with Gasteiger partial charge in [-0.05, 0) is 24.1 Å². The third kappa shape index (κ3) is 3.90. The molecule has 0 saturated heterocycles. The van der Waals surface area contributed by atoms with Gasteiger partial charge >= 0.3 is 5.97 Å². The second kappa shape index (κ2) is 5.32. The fourth-order valence-electron chi connectivity index (χ4n) is 1.12. The molecule has 0 amide bonds. The second-order valence-corrected chi connectivity index (χ2v) is 10.8. The highest BCUT2D eigenvalue weighted by molar-refractivity contribution is 6.74. The van der Waals surface area contributed by atoms with Crippen LogP contribution in [0.5, 0.6) is 0 Å². The number of carboxylic acid groups (broad SMARTS) is 1. The molecule has 0 aromatic heterocycles. The largest absolute Gasteiger partial charge is 0.479 e. The van der Waals surface area contributed by atoms with Crippen molar-refractivity contribution in [3.05, 3.63) is 0 Å². The summed E-state index contributed by atoms with van der Waals surface area (Å²) in [4.78, 5) is 11.2. The van der Waals surface area contributed by atoms with E-state index in [0.29, 0.717) is 0 Å². The van der Waals surface area contributed by atoms with Gasteiger partial charge in [-0.3, -0.25) is 0 Å². The molecular formula is C12H26O3Si. The first-order valence-electron chi connectivity index (χ1n) is 5.93. The summed E-state index contributed by atoms with van der Waals surface area (Å²) in [5.41, 5.74) is 0. The minimum absolute atomic E-state index is 0.0498. The molecule has 0 bridgehead atoms. The Hall–Kier alpha value is -0.353. The van der Waals surface area contributed by atoms with Crippen molar-refractivity contribution in [2.75, 3.05) is 0 Å². The van der Waals surface area contributed by atoms with Crippen molar-refractivity contribution in [2.24, 2.45) is 5.92 Å². The Balaban J connectivity index is 4.83. The van der Waals surface area contributed by atoms with Crippen LogP contribution in [-0.2, 0) is 9.22 Å². The van der Waals surface area contributed by atoms with Crippen molar-refractivity contribution in [3.8, 4) is 0 Å². The summed E-state index contributed by atoms with van der Waals surface area (Å²) in [6.07, 6.45) is 0.164. The lowest BCUT2D eigenvalue weighted by atomic mass is 10.0. The Morgan fingerprint density at radius 2 is 1.81 bits per heavy atom. The van der Waals surface area contributed by atoms with Gasteiger partial charge in [-0.25, -0.2) is 4.79 Å². The zero-order valence-electron chi connectivity index (χ0n) is 11.6. The predicted octanol–water partition coefficient (Wildman–Crippen LogP) is 3.51. The first-order chi connectivity index (χ1) is 7.03. The molecule has 0 saturated carbocycles. The molecule has 96 valence electrons.